The van der Waals surface area contributed by atoms with Gasteiger partial charge in [0.1, 0.15) is 5.82 Å². The molecule has 2 aromatic rings. The van der Waals surface area contributed by atoms with Crippen molar-refractivity contribution in [1.82, 2.24) is 25.8 Å². The Kier molecular flexibility index (Phi) is 6.28. The van der Waals surface area contributed by atoms with Gasteiger partial charge in [0.25, 0.3) is 0 Å². The molecule has 1 saturated heterocycles. The first-order valence-corrected chi connectivity index (χ1v) is 9.25. The van der Waals surface area contributed by atoms with Gasteiger partial charge in [-0.3, -0.25) is 5.10 Å². The molecule has 0 aromatic carbocycles. The number of nitrogens with one attached hydrogen (secondary N) is 3. The molecule has 0 bridgehead atoms. The number of anilines is 1. The van der Waals surface area contributed by atoms with Crippen LogP contribution in [0.5, 0.6) is 0 Å². The normalized spacial score (nSPS) is 17.8. The highest BCUT2D eigenvalue weighted by molar-refractivity contribution is 6.33. The Hall–Kier alpha value is -2.49. The van der Waals surface area contributed by atoms with Gasteiger partial charge in [-0.25, -0.2) is 9.98 Å². The van der Waals surface area contributed by atoms with Gasteiger partial charge in [-0.05, 0) is 25.5 Å². The third-order valence-corrected chi connectivity index (χ3v) is 4.57. The second kappa shape index (κ2) is 8.68. The number of hydrogen-bond acceptors (Lipinski definition) is 4. The predicted octanol–water partition coefficient (Wildman–Crippen LogP) is 2.81. The van der Waals surface area contributed by atoms with E-state index in [1.165, 1.54) is 0 Å². The number of hydrogen-bond donors (Lipinski definition) is 3. The largest absolute Gasteiger partial charge is 0.417 e. The van der Waals surface area contributed by atoms with E-state index in [-0.39, 0.29) is 11.1 Å². The lowest BCUT2D eigenvalue weighted by atomic mass is 10.2. The highest BCUT2D eigenvalue weighted by Gasteiger charge is 2.33. The van der Waals surface area contributed by atoms with Gasteiger partial charge in [-0.2, -0.15) is 18.3 Å². The molecule has 2 aromatic heterocycles. The fourth-order valence-electron chi connectivity index (χ4n) is 2.94. The van der Waals surface area contributed by atoms with Crippen LogP contribution in [0.15, 0.2) is 29.5 Å². The van der Waals surface area contributed by atoms with Gasteiger partial charge in [0.2, 0.25) is 0 Å². The van der Waals surface area contributed by atoms with Crippen LogP contribution >= 0.6 is 11.6 Å². The van der Waals surface area contributed by atoms with Gasteiger partial charge in [0.05, 0.1) is 22.8 Å². The number of alkyl halides is 3. The van der Waals surface area contributed by atoms with E-state index in [9.17, 15) is 13.2 Å². The zero-order valence-corrected chi connectivity index (χ0v) is 16.0. The van der Waals surface area contributed by atoms with Crippen LogP contribution in [0.3, 0.4) is 0 Å². The monoisotopic (exact) mass is 415 g/mol. The average Bonchev–Trinajstić information content (AvgIpc) is 3.31. The molecule has 0 saturated carbocycles. The number of aliphatic imine (C=N–C) groups is 1. The number of aromatic amines is 1. The molecular formula is C17H21ClF3N7. The molecule has 3 N–H and O–H groups in total. The number of halogens is 4. The van der Waals surface area contributed by atoms with Gasteiger partial charge < -0.3 is 15.5 Å². The average molecular weight is 416 g/mol. The smallest absolute Gasteiger partial charge is 0.357 e. The van der Waals surface area contributed by atoms with Gasteiger partial charge in [0.15, 0.2) is 5.96 Å². The molecule has 152 valence electrons. The van der Waals surface area contributed by atoms with Crippen LogP contribution in [0.4, 0.5) is 19.0 Å². The maximum atomic E-state index is 12.8. The van der Waals surface area contributed by atoms with Crippen LogP contribution in [0.1, 0.15) is 24.6 Å². The SMILES string of the molecule is CCNC(=NCc1ccn[nH]1)NC1CCN(c2ncc(C(F)(F)F)cc2Cl)C1. The minimum Gasteiger partial charge on any atom is -0.357 e. The summed E-state index contributed by atoms with van der Waals surface area (Å²) in [6, 6.07) is 2.84. The van der Waals surface area contributed by atoms with E-state index in [4.69, 9.17) is 11.6 Å². The summed E-state index contributed by atoms with van der Waals surface area (Å²) < 4.78 is 38.3. The molecule has 1 fully saturated rings. The van der Waals surface area contributed by atoms with Crippen molar-refractivity contribution >= 4 is 23.4 Å². The van der Waals surface area contributed by atoms with E-state index < -0.39 is 11.7 Å². The fourth-order valence-corrected chi connectivity index (χ4v) is 3.23. The molecule has 1 unspecified atom stereocenters. The van der Waals surface area contributed by atoms with Gasteiger partial charge in [-0.15, -0.1) is 0 Å². The van der Waals surface area contributed by atoms with E-state index >= 15 is 0 Å². The summed E-state index contributed by atoms with van der Waals surface area (Å²) in [7, 11) is 0. The summed E-state index contributed by atoms with van der Waals surface area (Å²) in [5.41, 5.74) is 0.0430. The second-order valence-corrected chi connectivity index (χ2v) is 6.79. The Balaban J connectivity index is 1.63. The topological polar surface area (TPSA) is 81.2 Å². The molecule has 28 heavy (non-hydrogen) atoms. The third-order valence-electron chi connectivity index (χ3n) is 4.29. The van der Waals surface area contributed by atoms with Gasteiger partial charge in [0, 0.05) is 38.1 Å². The Morgan fingerprint density at radius 2 is 2.29 bits per heavy atom. The quantitative estimate of drug-likeness (QED) is 0.517. The molecular weight excluding hydrogens is 395 g/mol. The van der Waals surface area contributed by atoms with Gasteiger partial charge >= 0.3 is 6.18 Å². The molecule has 0 spiro atoms. The van der Waals surface area contributed by atoms with Crippen molar-refractivity contribution in [2.24, 2.45) is 4.99 Å². The molecule has 1 aliphatic rings. The van der Waals surface area contributed by atoms with Crippen molar-refractivity contribution in [1.29, 1.82) is 0 Å². The first-order valence-electron chi connectivity index (χ1n) is 8.87. The first kappa shape index (κ1) is 20.2. The maximum absolute atomic E-state index is 12.8. The zero-order chi connectivity index (χ0) is 20.1. The number of rotatable bonds is 5. The maximum Gasteiger partial charge on any atom is 0.417 e. The summed E-state index contributed by atoms with van der Waals surface area (Å²) in [5, 5.41) is 13.3. The van der Waals surface area contributed by atoms with Crippen LogP contribution in [-0.4, -0.2) is 46.8 Å². The molecule has 0 amide bonds. The van der Waals surface area contributed by atoms with Gasteiger partial charge in [-0.1, -0.05) is 11.6 Å². The van der Waals surface area contributed by atoms with E-state index in [0.29, 0.717) is 38.0 Å². The molecule has 3 heterocycles. The minimum absolute atomic E-state index is 0.00436. The molecule has 1 aliphatic heterocycles. The first-order chi connectivity index (χ1) is 13.4. The van der Waals surface area contributed by atoms with Crippen LogP contribution in [0, 0.1) is 0 Å². The lowest BCUT2D eigenvalue weighted by Crippen LogP contribution is -2.44. The highest BCUT2D eigenvalue weighted by atomic mass is 35.5. The molecule has 11 heteroatoms. The van der Waals surface area contributed by atoms with Crippen LogP contribution in [-0.2, 0) is 12.7 Å². The van der Waals surface area contributed by atoms with Crippen LogP contribution in [0.2, 0.25) is 5.02 Å². The standard InChI is InChI=1S/C17H21ClF3N7/c1-2-22-16(24-9-12-3-5-25-27-12)26-13-4-6-28(10-13)15-14(18)7-11(8-23-15)17(19,20)21/h3,5,7-8,13H,2,4,6,9-10H2,1H3,(H,25,27)(H2,22,24,26). The van der Waals surface area contributed by atoms with E-state index in [2.05, 4.69) is 30.8 Å². The predicted molar refractivity (Wildman–Crippen MR) is 101 cm³/mol. The summed E-state index contributed by atoms with van der Waals surface area (Å²) >= 11 is 6.06. The zero-order valence-electron chi connectivity index (χ0n) is 15.2. The Morgan fingerprint density at radius 3 is 2.93 bits per heavy atom. The summed E-state index contributed by atoms with van der Waals surface area (Å²) in [6.45, 7) is 4.33. The van der Waals surface area contributed by atoms with Crippen molar-refractivity contribution in [2.75, 3.05) is 24.5 Å². The van der Waals surface area contributed by atoms with Crippen molar-refractivity contribution in [3.8, 4) is 0 Å². The van der Waals surface area contributed by atoms with Crippen LogP contribution in [0.25, 0.3) is 0 Å². The number of guanidine groups is 1. The molecule has 0 radical (unpaired) electrons. The van der Waals surface area contributed by atoms with Crippen molar-refractivity contribution in [3.05, 3.63) is 40.8 Å². The molecule has 0 aliphatic carbocycles. The number of pyridine rings is 1. The number of H-pyrrole nitrogens is 1. The van der Waals surface area contributed by atoms with E-state index in [1.54, 1.807) is 6.20 Å². The molecule has 7 nitrogen and oxygen atoms in total. The second-order valence-electron chi connectivity index (χ2n) is 6.38. The Morgan fingerprint density at radius 1 is 1.46 bits per heavy atom. The van der Waals surface area contributed by atoms with E-state index in [0.717, 1.165) is 24.4 Å². The summed E-state index contributed by atoms with van der Waals surface area (Å²) in [6.07, 6.45) is -1.19. The Labute approximate surface area is 165 Å². The molecule has 1 atom stereocenters. The fraction of sp³-hybridized carbons (Fsp3) is 0.471. The van der Waals surface area contributed by atoms with Crippen molar-refractivity contribution < 1.29 is 13.2 Å². The third kappa shape index (κ3) is 5.06. The highest BCUT2D eigenvalue weighted by Crippen LogP contribution is 2.34. The van der Waals surface area contributed by atoms with Crippen molar-refractivity contribution in [2.45, 2.75) is 32.1 Å². The summed E-state index contributed by atoms with van der Waals surface area (Å²) in [5.74, 6) is 1.02. The Bertz CT molecular complexity index is 808. The van der Waals surface area contributed by atoms with Crippen LogP contribution < -0.4 is 15.5 Å². The number of aromatic nitrogens is 3. The summed E-state index contributed by atoms with van der Waals surface area (Å²) in [4.78, 5) is 10.3. The lowest BCUT2D eigenvalue weighted by Gasteiger charge is -2.21. The molecule has 3 rings (SSSR count). The minimum atomic E-state index is -4.46. The number of nitrogens with zero attached hydrogens (tertiary/aromatic N) is 4. The van der Waals surface area contributed by atoms with Crippen molar-refractivity contribution in [3.63, 3.8) is 0 Å². The lowest BCUT2D eigenvalue weighted by molar-refractivity contribution is -0.137. The van der Waals surface area contributed by atoms with E-state index in [1.807, 2.05) is 17.9 Å².